The molecule has 0 aromatic heterocycles. The lowest BCUT2D eigenvalue weighted by atomic mass is 10.2. The summed E-state index contributed by atoms with van der Waals surface area (Å²) in [6.07, 6.45) is 0. The van der Waals surface area contributed by atoms with Gasteiger partial charge in [-0.1, -0.05) is 41.9 Å². The van der Waals surface area contributed by atoms with E-state index >= 15 is 0 Å². The molecule has 3 rings (SSSR count). The maximum absolute atomic E-state index is 13.1. The molecule has 3 aromatic carbocycles. The molecule has 0 bridgehead atoms. The van der Waals surface area contributed by atoms with Gasteiger partial charge in [-0.25, -0.2) is 12.8 Å². The van der Waals surface area contributed by atoms with Crippen molar-refractivity contribution in [3.8, 4) is 0 Å². The van der Waals surface area contributed by atoms with E-state index in [-0.39, 0.29) is 22.0 Å². The van der Waals surface area contributed by atoms with Crippen LogP contribution in [0.4, 0.5) is 10.1 Å². The summed E-state index contributed by atoms with van der Waals surface area (Å²) in [4.78, 5) is 12.4. The predicted octanol–water partition coefficient (Wildman–Crippen LogP) is 4.55. The summed E-state index contributed by atoms with van der Waals surface area (Å²) in [6.45, 7) is 0.241. The SMILES string of the molecule is CN(Cc1ccccc1)S(=O)(=O)c1ccc(NC(=O)c2ccc(F)cc2Cl)cc1. The van der Waals surface area contributed by atoms with E-state index in [1.807, 2.05) is 30.3 Å². The molecule has 1 N–H and O–H groups in total. The van der Waals surface area contributed by atoms with Crippen molar-refractivity contribution >= 4 is 33.2 Å². The largest absolute Gasteiger partial charge is 0.322 e. The Bertz CT molecular complexity index is 1120. The van der Waals surface area contributed by atoms with Crippen molar-refractivity contribution in [3.05, 3.63) is 94.8 Å². The number of amides is 1. The van der Waals surface area contributed by atoms with E-state index in [9.17, 15) is 17.6 Å². The Balaban J connectivity index is 1.72. The van der Waals surface area contributed by atoms with Gasteiger partial charge in [-0.15, -0.1) is 0 Å². The molecule has 8 heteroatoms. The van der Waals surface area contributed by atoms with Crippen molar-refractivity contribution in [3.63, 3.8) is 0 Å². The van der Waals surface area contributed by atoms with Gasteiger partial charge in [-0.3, -0.25) is 4.79 Å². The normalized spacial score (nSPS) is 11.4. The van der Waals surface area contributed by atoms with Crippen molar-refractivity contribution < 1.29 is 17.6 Å². The quantitative estimate of drug-likeness (QED) is 0.621. The maximum Gasteiger partial charge on any atom is 0.257 e. The molecule has 0 aliphatic rings. The number of halogens is 2. The summed E-state index contributed by atoms with van der Waals surface area (Å²) in [5.41, 5.74) is 1.38. The average Bonchev–Trinajstić information content (AvgIpc) is 2.69. The van der Waals surface area contributed by atoms with Crippen LogP contribution in [0.15, 0.2) is 77.7 Å². The van der Waals surface area contributed by atoms with Crippen LogP contribution in [-0.2, 0) is 16.6 Å². The van der Waals surface area contributed by atoms with Crippen LogP contribution in [0, 0.1) is 5.82 Å². The number of hydrogen-bond donors (Lipinski definition) is 1. The highest BCUT2D eigenvalue weighted by molar-refractivity contribution is 7.89. The van der Waals surface area contributed by atoms with Crippen LogP contribution in [0.5, 0.6) is 0 Å². The number of anilines is 1. The first-order chi connectivity index (χ1) is 13.8. The minimum atomic E-state index is -3.69. The van der Waals surface area contributed by atoms with Crippen LogP contribution in [0.3, 0.4) is 0 Å². The Kier molecular flexibility index (Phi) is 6.32. The van der Waals surface area contributed by atoms with Crippen LogP contribution < -0.4 is 5.32 Å². The molecule has 0 spiro atoms. The maximum atomic E-state index is 13.1. The van der Waals surface area contributed by atoms with E-state index in [0.717, 1.165) is 17.7 Å². The van der Waals surface area contributed by atoms with Gasteiger partial charge in [-0.05, 0) is 48.0 Å². The van der Waals surface area contributed by atoms with Crippen LogP contribution in [0.2, 0.25) is 5.02 Å². The predicted molar refractivity (Wildman–Crippen MR) is 111 cm³/mol. The van der Waals surface area contributed by atoms with Gasteiger partial charge in [0.1, 0.15) is 5.82 Å². The molecular weight excluding hydrogens is 415 g/mol. The van der Waals surface area contributed by atoms with Gasteiger partial charge >= 0.3 is 0 Å². The van der Waals surface area contributed by atoms with Crippen LogP contribution in [-0.4, -0.2) is 25.7 Å². The minimum Gasteiger partial charge on any atom is -0.322 e. The fourth-order valence-electron chi connectivity index (χ4n) is 2.69. The van der Waals surface area contributed by atoms with E-state index in [2.05, 4.69) is 5.32 Å². The molecule has 150 valence electrons. The first-order valence-electron chi connectivity index (χ1n) is 8.64. The van der Waals surface area contributed by atoms with Gasteiger partial charge in [0.2, 0.25) is 10.0 Å². The Morgan fingerprint density at radius 2 is 1.69 bits per heavy atom. The Hall–Kier alpha value is -2.74. The average molecular weight is 433 g/mol. The molecule has 3 aromatic rings. The van der Waals surface area contributed by atoms with Gasteiger partial charge in [0.05, 0.1) is 15.5 Å². The van der Waals surface area contributed by atoms with E-state index in [4.69, 9.17) is 11.6 Å². The highest BCUT2D eigenvalue weighted by Gasteiger charge is 2.21. The number of rotatable bonds is 6. The zero-order valence-corrected chi connectivity index (χ0v) is 17.0. The summed E-state index contributed by atoms with van der Waals surface area (Å²) in [7, 11) is -2.18. The smallest absolute Gasteiger partial charge is 0.257 e. The number of hydrogen-bond acceptors (Lipinski definition) is 3. The van der Waals surface area contributed by atoms with Gasteiger partial charge < -0.3 is 5.32 Å². The molecule has 0 saturated heterocycles. The second-order valence-electron chi connectivity index (χ2n) is 6.35. The van der Waals surface area contributed by atoms with Gasteiger partial charge in [0, 0.05) is 19.3 Å². The summed E-state index contributed by atoms with van der Waals surface area (Å²) < 4.78 is 39.9. The van der Waals surface area contributed by atoms with E-state index in [0.29, 0.717) is 5.69 Å². The van der Waals surface area contributed by atoms with Crippen LogP contribution in [0.25, 0.3) is 0 Å². The van der Waals surface area contributed by atoms with Crippen molar-refractivity contribution in [1.82, 2.24) is 4.31 Å². The fraction of sp³-hybridized carbons (Fsp3) is 0.0952. The van der Waals surface area contributed by atoms with Crippen LogP contribution >= 0.6 is 11.6 Å². The number of nitrogens with one attached hydrogen (secondary N) is 1. The molecule has 0 heterocycles. The monoisotopic (exact) mass is 432 g/mol. The third kappa shape index (κ3) is 5.00. The number of sulfonamides is 1. The Morgan fingerprint density at radius 3 is 2.31 bits per heavy atom. The highest BCUT2D eigenvalue weighted by atomic mass is 35.5. The van der Waals surface area contributed by atoms with E-state index in [1.54, 1.807) is 0 Å². The summed E-state index contributed by atoms with van der Waals surface area (Å²) in [6, 6.07) is 18.5. The molecule has 0 unspecified atom stereocenters. The number of carbonyl (C=O) groups excluding carboxylic acids is 1. The summed E-state index contributed by atoms with van der Waals surface area (Å²) in [5, 5.41) is 2.60. The lowest BCUT2D eigenvalue weighted by molar-refractivity contribution is 0.102. The standard InChI is InChI=1S/C21H18ClFN2O3S/c1-25(14-15-5-3-2-4-6-15)29(27,28)18-10-8-17(9-11-18)24-21(26)19-12-7-16(23)13-20(19)22/h2-13H,14H2,1H3,(H,24,26). The lowest BCUT2D eigenvalue weighted by Gasteiger charge is -2.17. The molecule has 0 aliphatic carbocycles. The second-order valence-corrected chi connectivity index (χ2v) is 8.80. The van der Waals surface area contributed by atoms with Crippen molar-refractivity contribution in [2.75, 3.05) is 12.4 Å². The first kappa shape index (κ1) is 21.0. The molecule has 5 nitrogen and oxygen atoms in total. The molecule has 0 fully saturated rings. The number of benzene rings is 3. The number of carbonyl (C=O) groups is 1. The lowest BCUT2D eigenvalue weighted by Crippen LogP contribution is -2.26. The fourth-order valence-corrected chi connectivity index (χ4v) is 4.10. The number of nitrogens with zero attached hydrogens (tertiary/aromatic N) is 1. The van der Waals surface area contributed by atoms with Gasteiger partial charge in [0.15, 0.2) is 0 Å². The minimum absolute atomic E-state index is 0.00997. The van der Waals surface area contributed by atoms with Crippen molar-refractivity contribution in [2.24, 2.45) is 0 Å². The molecule has 0 saturated carbocycles. The zero-order chi connectivity index (χ0) is 21.0. The van der Waals surface area contributed by atoms with Crippen molar-refractivity contribution in [2.45, 2.75) is 11.4 Å². The van der Waals surface area contributed by atoms with Crippen molar-refractivity contribution in [1.29, 1.82) is 0 Å². The molecule has 1 amide bonds. The molecule has 29 heavy (non-hydrogen) atoms. The first-order valence-corrected chi connectivity index (χ1v) is 10.5. The van der Waals surface area contributed by atoms with Crippen LogP contribution in [0.1, 0.15) is 15.9 Å². The molecule has 0 atom stereocenters. The third-order valence-electron chi connectivity index (χ3n) is 4.24. The Labute approximate surface area is 173 Å². The van der Waals surface area contributed by atoms with Gasteiger partial charge in [0.25, 0.3) is 5.91 Å². The molecule has 0 aliphatic heterocycles. The van der Waals surface area contributed by atoms with E-state index < -0.39 is 21.7 Å². The molecular formula is C21H18ClFN2O3S. The second kappa shape index (κ2) is 8.73. The zero-order valence-electron chi connectivity index (χ0n) is 15.5. The summed E-state index contributed by atoms with van der Waals surface area (Å²) >= 11 is 5.89. The summed E-state index contributed by atoms with van der Waals surface area (Å²) in [5.74, 6) is -1.06. The molecule has 0 radical (unpaired) electrons. The topological polar surface area (TPSA) is 66.5 Å². The third-order valence-corrected chi connectivity index (χ3v) is 6.37. The van der Waals surface area contributed by atoms with Gasteiger partial charge in [-0.2, -0.15) is 4.31 Å². The van der Waals surface area contributed by atoms with E-state index in [1.165, 1.54) is 41.7 Å². The highest BCUT2D eigenvalue weighted by Crippen LogP contribution is 2.22. The Morgan fingerprint density at radius 1 is 1.03 bits per heavy atom.